The van der Waals surface area contributed by atoms with Crippen LogP contribution in [-0.4, -0.2) is 53.6 Å². The van der Waals surface area contributed by atoms with Crippen molar-refractivity contribution in [2.24, 2.45) is 0 Å². The lowest BCUT2D eigenvalue weighted by atomic mass is 10.1. The Morgan fingerprint density at radius 3 is 2.28 bits per heavy atom. The summed E-state index contributed by atoms with van der Waals surface area (Å²) >= 11 is 0. The molecule has 0 aliphatic carbocycles. The number of ether oxygens (including phenoxy) is 3. The highest BCUT2D eigenvalue weighted by molar-refractivity contribution is 7.89. The van der Waals surface area contributed by atoms with Gasteiger partial charge in [0, 0.05) is 37.5 Å². The van der Waals surface area contributed by atoms with Crippen LogP contribution in [0.4, 0.5) is 5.69 Å². The van der Waals surface area contributed by atoms with E-state index in [9.17, 15) is 13.2 Å². The smallest absolute Gasteiger partial charge is 0.255 e. The number of carbonyl (C=O) groups excluding carboxylic acids is 1. The maximum absolute atomic E-state index is 12.7. The first-order valence-electron chi connectivity index (χ1n) is 8.91. The summed E-state index contributed by atoms with van der Waals surface area (Å²) in [7, 11) is 2.05. The summed E-state index contributed by atoms with van der Waals surface area (Å²) in [4.78, 5) is 12.7. The van der Waals surface area contributed by atoms with Gasteiger partial charge in [-0.05, 0) is 43.3 Å². The Morgan fingerprint density at radius 2 is 1.69 bits per heavy atom. The highest BCUT2D eigenvalue weighted by Gasteiger charge is 2.23. The molecule has 0 aromatic heterocycles. The van der Waals surface area contributed by atoms with Crippen molar-refractivity contribution in [1.82, 2.24) is 4.31 Å². The maximum atomic E-state index is 12.7. The zero-order valence-corrected chi connectivity index (χ0v) is 18.0. The first-order valence-corrected chi connectivity index (χ1v) is 10.3. The predicted octanol–water partition coefficient (Wildman–Crippen LogP) is 2.74. The average molecular weight is 423 g/mol. The van der Waals surface area contributed by atoms with Gasteiger partial charge in [-0.3, -0.25) is 4.79 Å². The molecule has 0 spiro atoms. The minimum absolute atomic E-state index is 0.0328. The van der Waals surface area contributed by atoms with Gasteiger partial charge in [-0.1, -0.05) is 0 Å². The van der Waals surface area contributed by atoms with Gasteiger partial charge in [0.15, 0.2) is 0 Å². The van der Waals surface area contributed by atoms with Crippen LogP contribution < -0.4 is 14.8 Å². The van der Waals surface area contributed by atoms with E-state index in [4.69, 9.17) is 14.2 Å². The van der Waals surface area contributed by atoms with Crippen LogP contribution in [0.2, 0.25) is 0 Å². The molecule has 0 saturated carbocycles. The van der Waals surface area contributed by atoms with Crippen LogP contribution in [-0.2, 0) is 21.4 Å². The van der Waals surface area contributed by atoms with E-state index in [1.54, 1.807) is 31.4 Å². The van der Waals surface area contributed by atoms with Gasteiger partial charge in [-0.15, -0.1) is 0 Å². The van der Waals surface area contributed by atoms with Crippen LogP contribution in [0.1, 0.15) is 22.8 Å². The van der Waals surface area contributed by atoms with Gasteiger partial charge in [-0.2, -0.15) is 0 Å². The van der Waals surface area contributed by atoms with Crippen LogP contribution in [0.3, 0.4) is 0 Å². The molecule has 0 aliphatic rings. The lowest BCUT2D eigenvalue weighted by Crippen LogP contribution is -2.23. The second kappa shape index (κ2) is 9.73. The second-order valence-electron chi connectivity index (χ2n) is 6.27. The van der Waals surface area contributed by atoms with Gasteiger partial charge in [0.1, 0.15) is 16.4 Å². The number of nitrogens with one attached hydrogen (secondary N) is 1. The van der Waals surface area contributed by atoms with E-state index in [2.05, 4.69) is 5.32 Å². The summed E-state index contributed by atoms with van der Waals surface area (Å²) < 4.78 is 42.0. The summed E-state index contributed by atoms with van der Waals surface area (Å²) in [6.45, 7) is 2.73. The molecule has 1 amide bonds. The van der Waals surface area contributed by atoms with Crippen molar-refractivity contribution < 1.29 is 27.4 Å². The molecule has 0 saturated heterocycles. The first kappa shape index (κ1) is 22.7. The third-order valence-electron chi connectivity index (χ3n) is 4.18. The van der Waals surface area contributed by atoms with Gasteiger partial charge in [-0.25, -0.2) is 12.7 Å². The van der Waals surface area contributed by atoms with E-state index >= 15 is 0 Å². The third kappa shape index (κ3) is 5.26. The van der Waals surface area contributed by atoms with Gasteiger partial charge in [0.05, 0.1) is 20.8 Å². The van der Waals surface area contributed by atoms with Gasteiger partial charge >= 0.3 is 0 Å². The van der Waals surface area contributed by atoms with Crippen molar-refractivity contribution in [2.45, 2.75) is 18.4 Å². The molecule has 1 N–H and O–H groups in total. The number of hydrogen-bond donors (Lipinski definition) is 1. The molecule has 0 aliphatic heterocycles. The van der Waals surface area contributed by atoms with Crippen LogP contribution in [0.25, 0.3) is 0 Å². The van der Waals surface area contributed by atoms with E-state index in [1.165, 1.54) is 33.3 Å². The number of sulfonamides is 1. The lowest BCUT2D eigenvalue weighted by molar-refractivity contribution is 0.102. The molecular formula is C20H26N2O6S. The summed E-state index contributed by atoms with van der Waals surface area (Å²) in [5.74, 6) is 0.433. The van der Waals surface area contributed by atoms with Crippen molar-refractivity contribution in [3.63, 3.8) is 0 Å². The number of carbonyl (C=O) groups is 1. The number of methoxy groups -OCH3 is 2. The number of amides is 1. The van der Waals surface area contributed by atoms with E-state index in [1.807, 2.05) is 6.92 Å². The monoisotopic (exact) mass is 422 g/mol. The Hall–Kier alpha value is -2.62. The molecule has 158 valence electrons. The molecule has 8 nitrogen and oxygen atoms in total. The Morgan fingerprint density at radius 1 is 1.03 bits per heavy atom. The Balaban J connectivity index is 2.33. The summed E-state index contributed by atoms with van der Waals surface area (Å²) in [6.07, 6.45) is 0. The van der Waals surface area contributed by atoms with Crippen molar-refractivity contribution >= 4 is 21.6 Å². The van der Waals surface area contributed by atoms with E-state index in [-0.39, 0.29) is 16.6 Å². The molecule has 0 unspecified atom stereocenters. The quantitative estimate of drug-likeness (QED) is 0.668. The fraction of sp³-hybridized carbons (Fsp3) is 0.350. The molecule has 0 radical (unpaired) electrons. The topological polar surface area (TPSA) is 94.2 Å². The first-order chi connectivity index (χ1) is 13.7. The molecular weight excluding hydrogens is 396 g/mol. The molecule has 9 heteroatoms. The van der Waals surface area contributed by atoms with Crippen LogP contribution in [0.5, 0.6) is 11.5 Å². The highest BCUT2D eigenvalue weighted by Crippen LogP contribution is 2.29. The molecule has 29 heavy (non-hydrogen) atoms. The van der Waals surface area contributed by atoms with Crippen LogP contribution >= 0.6 is 0 Å². The molecule has 0 fully saturated rings. The maximum Gasteiger partial charge on any atom is 0.255 e. The minimum Gasteiger partial charge on any atom is -0.496 e. The molecule has 2 aromatic rings. The number of benzene rings is 2. The van der Waals surface area contributed by atoms with Crippen molar-refractivity contribution in [1.29, 1.82) is 0 Å². The van der Waals surface area contributed by atoms with Crippen molar-refractivity contribution in [2.75, 3.05) is 40.2 Å². The third-order valence-corrected chi connectivity index (χ3v) is 6.02. The standard InChI is InChI=1S/C20H26N2O6S/c1-6-28-13-15-11-14(7-9-17(15)26-4)20(23)21-16-8-10-18(27-5)19(12-16)29(24,25)22(2)3/h7-12H,6,13H2,1-5H3,(H,21,23). The minimum atomic E-state index is -3.74. The number of rotatable bonds is 9. The van der Waals surface area contributed by atoms with Crippen molar-refractivity contribution in [3.05, 3.63) is 47.5 Å². The lowest BCUT2D eigenvalue weighted by Gasteiger charge is -2.16. The molecule has 2 aromatic carbocycles. The fourth-order valence-electron chi connectivity index (χ4n) is 2.60. The highest BCUT2D eigenvalue weighted by atomic mass is 32.2. The summed E-state index contributed by atoms with van der Waals surface area (Å²) in [6, 6.07) is 9.46. The molecule has 0 heterocycles. The van der Waals surface area contributed by atoms with E-state index in [0.29, 0.717) is 30.2 Å². The molecule has 0 bridgehead atoms. The zero-order chi connectivity index (χ0) is 21.6. The number of nitrogens with zero attached hydrogens (tertiary/aromatic N) is 1. The fourth-order valence-corrected chi connectivity index (χ4v) is 3.68. The number of hydrogen-bond acceptors (Lipinski definition) is 6. The largest absolute Gasteiger partial charge is 0.496 e. The zero-order valence-electron chi connectivity index (χ0n) is 17.2. The summed E-state index contributed by atoms with van der Waals surface area (Å²) in [5, 5.41) is 2.72. The van der Waals surface area contributed by atoms with E-state index < -0.39 is 10.0 Å². The van der Waals surface area contributed by atoms with Crippen LogP contribution in [0, 0.1) is 0 Å². The van der Waals surface area contributed by atoms with E-state index in [0.717, 1.165) is 9.87 Å². The second-order valence-corrected chi connectivity index (χ2v) is 8.39. The SMILES string of the molecule is CCOCc1cc(C(=O)Nc2ccc(OC)c(S(=O)(=O)N(C)C)c2)ccc1OC. The number of anilines is 1. The summed E-state index contributed by atoms with van der Waals surface area (Å²) in [5.41, 5.74) is 1.47. The van der Waals surface area contributed by atoms with Gasteiger partial charge in [0.25, 0.3) is 5.91 Å². The molecule has 0 atom stereocenters. The Labute approximate surface area is 171 Å². The van der Waals surface area contributed by atoms with Gasteiger partial charge in [0.2, 0.25) is 10.0 Å². The van der Waals surface area contributed by atoms with Gasteiger partial charge < -0.3 is 19.5 Å². The Kier molecular flexibility index (Phi) is 7.60. The van der Waals surface area contributed by atoms with Crippen molar-refractivity contribution in [3.8, 4) is 11.5 Å². The Bertz CT molecular complexity index is 973. The molecule has 2 rings (SSSR count). The average Bonchev–Trinajstić information content (AvgIpc) is 2.71. The normalized spacial score (nSPS) is 11.4. The van der Waals surface area contributed by atoms with Crippen LogP contribution in [0.15, 0.2) is 41.3 Å². The predicted molar refractivity (Wildman–Crippen MR) is 110 cm³/mol.